The maximum atomic E-state index is 5.22. The first kappa shape index (κ1) is 6.39. The summed E-state index contributed by atoms with van der Waals surface area (Å²) in [5, 5.41) is 0. The van der Waals surface area contributed by atoms with Crippen molar-refractivity contribution in [2.45, 2.75) is 12.8 Å². The first-order chi connectivity index (χ1) is 3.93. The Kier molecular flexibility index (Phi) is 2.66. The molecule has 0 aromatic rings. The molecule has 1 aliphatic heterocycles. The van der Waals surface area contributed by atoms with Crippen LogP contribution in [0.25, 0.3) is 0 Å². The maximum absolute atomic E-state index is 5.22. The molecule has 2 nitrogen and oxygen atoms in total. The molecular weight excluding hydrogens is 122 g/mol. The zero-order chi connectivity index (χ0) is 5.82. The first-order valence-corrected chi connectivity index (χ1v) is 4.06. The molecule has 3 heteroatoms. The molecule has 0 N–H and O–H groups in total. The molecule has 1 aliphatic rings. The van der Waals surface area contributed by atoms with Crippen LogP contribution in [0.3, 0.4) is 0 Å². The molecule has 1 fully saturated rings. The van der Waals surface area contributed by atoms with Gasteiger partial charge < -0.3 is 0 Å². The minimum absolute atomic E-state index is 0.904. The van der Waals surface area contributed by atoms with Gasteiger partial charge in [0.05, 0.1) is 6.61 Å². The van der Waals surface area contributed by atoms with Crippen LogP contribution in [-0.4, -0.2) is 23.9 Å². The molecule has 0 aromatic heterocycles. The second kappa shape index (κ2) is 3.33. The summed E-state index contributed by atoms with van der Waals surface area (Å²) in [4.78, 5) is 5.22. The van der Waals surface area contributed by atoms with Crippen molar-refractivity contribution in [3.05, 3.63) is 0 Å². The lowest BCUT2D eigenvalue weighted by molar-refractivity contribution is -0.0992. The Labute approximate surface area is 54.3 Å². The summed E-state index contributed by atoms with van der Waals surface area (Å²) in [5.41, 5.74) is 0. The van der Waals surface area contributed by atoms with Crippen molar-refractivity contribution < 1.29 is 4.84 Å². The fraction of sp³-hybridized carbons (Fsp3) is 1.00. The van der Waals surface area contributed by atoms with Crippen LogP contribution in [0.15, 0.2) is 0 Å². The van der Waals surface area contributed by atoms with Gasteiger partial charge in [-0.25, -0.2) is 0 Å². The quantitative estimate of drug-likeness (QED) is 0.500. The largest absolute Gasteiger partial charge is 0.288 e. The molecule has 0 aliphatic carbocycles. The predicted molar refractivity (Wildman–Crippen MR) is 35.4 cm³/mol. The van der Waals surface area contributed by atoms with E-state index in [1.54, 1.807) is 11.9 Å². The highest BCUT2D eigenvalue weighted by atomic mass is 32.2. The van der Waals surface area contributed by atoms with Crippen LogP contribution in [0.5, 0.6) is 0 Å². The second-order valence-corrected chi connectivity index (χ2v) is 2.55. The second-order valence-electron chi connectivity index (χ2n) is 1.78. The summed E-state index contributed by atoms with van der Waals surface area (Å²) in [6, 6.07) is 0. The topological polar surface area (TPSA) is 12.5 Å². The van der Waals surface area contributed by atoms with Crippen LogP contribution in [0.4, 0.5) is 0 Å². The third-order valence-corrected chi connectivity index (χ3v) is 1.87. The fourth-order valence-corrected chi connectivity index (χ4v) is 1.21. The van der Waals surface area contributed by atoms with Gasteiger partial charge in [0, 0.05) is 6.54 Å². The molecule has 1 rings (SSSR count). The number of hydrogen-bond donors (Lipinski definition) is 0. The van der Waals surface area contributed by atoms with E-state index in [0.717, 1.165) is 13.2 Å². The first-order valence-electron chi connectivity index (χ1n) is 2.88. The van der Waals surface area contributed by atoms with E-state index >= 15 is 0 Å². The van der Waals surface area contributed by atoms with E-state index in [9.17, 15) is 0 Å². The van der Waals surface area contributed by atoms with E-state index < -0.39 is 0 Å². The van der Waals surface area contributed by atoms with Gasteiger partial charge in [0.15, 0.2) is 0 Å². The summed E-state index contributed by atoms with van der Waals surface area (Å²) < 4.78 is 1.93. The summed E-state index contributed by atoms with van der Waals surface area (Å²) >= 11 is 1.66. The summed E-state index contributed by atoms with van der Waals surface area (Å²) in [6.45, 7) is 1.99. The van der Waals surface area contributed by atoms with Crippen LogP contribution in [0.1, 0.15) is 12.8 Å². The average molecular weight is 133 g/mol. The third-order valence-electron chi connectivity index (χ3n) is 1.17. The van der Waals surface area contributed by atoms with Crippen molar-refractivity contribution in [1.29, 1.82) is 0 Å². The van der Waals surface area contributed by atoms with Crippen LogP contribution in [0.2, 0.25) is 0 Å². The Hall–Kier alpha value is 0.270. The highest BCUT2D eigenvalue weighted by Gasteiger charge is 2.07. The van der Waals surface area contributed by atoms with Gasteiger partial charge in [0.1, 0.15) is 0 Å². The van der Waals surface area contributed by atoms with E-state index in [2.05, 4.69) is 0 Å². The molecule has 0 unspecified atom stereocenters. The van der Waals surface area contributed by atoms with Gasteiger partial charge >= 0.3 is 0 Å². The third kappa shape index (κ3) is 1.65. The lowest BCUT2D eigenvalue weighted by Gasteiger charge is -2.22. The van der Waals surface area contributed by atoms with Crippen molar-refractivity contribution in [2.75, 3.05) is 19.4 Å². The normalized spacial score (nSPS) is 23.6. The molecule has 0 aromatic carbocycles. The van der Waals surface area contributed by atoms with Gasteiger partial charge in [-0.3, -0.25) is 4.84 Å². The maximum Gasteiger partial charge on any atom is 0.0696 e. The number of rotatable bonds is 1. The van der Waals surface area contributed by atoms with Gasteiger partial charge in [-0.15, -0.1) is 4.47 Å². The Bertz CT molecular complexity index is 63.4. The predicted octanol–water partition coefficient (Wildman–Crippen LogP) is 1.29. The van der Waals surface area contributed by atoms with Crippen LogP contribution in [-0.2, 0) is 4.84 Å². The van der Waals surface area contributed by atoms with Crippen LogP contribution in [0, 0.1) is 0 Å². The lowest BCUT2D eigenvalue weighted by Crippen LogP contribution is -2.23. The lowest BCUT2D eigenvalue weighted by atomic mass is 10.3. The fourth-order valence-electron chi connectivity index (χ4n) is 0.718. The highest BCUT2D eigenvalue weighted by molar-refractivity contribution is 7.96. The van der Waals surface area contributed by atoms with Gasteiger partial charge in [0.25, 0.3) is 0 Å². The standard InChI is InChI=1S/C5H11NOS/c1-8-6-4-2-3-5-7-6/h2-5H2,1H3. The molecule has 48 valence electrons. The average Bonchev–Trinajstić information content (AvgIpc) is 1.90. The monoisotopic (exact) mass is 133 g/mol. The summed E-state index contributed by atoms with van der Waals surface area (Å²) in [7, 11) is 0. The van der Waals surface area contributed by atoms with Crippen molar-refractivity contribution in [3.8, 4) is 0 Å². The SMILES string of the molecule is CSN1CCCCO1. The molecule has 0 atom stereocenters. The zero-order valence-electron chi connectivity index (χ0n) is 5.09. The van der Waals surface area contributed by atoms with Gasteiger partial charge in [-0.05, 0) is 19.1 Å². The smallest absolute Gasteiger partial charge is 0.0696 e. The Morgan fingerprint density at radius 3 is 2.75 bits per heavy atom. The van der Waals surface area contributed by atoms with Crippen molar-refractivity contribution in [3.63, 3.8) is 0 Å². The van der Waals surface area contributed by atoms with Crippen molar-refractivity contribution in [2.24, 2.45) is 0 Å². The summed E-state index contributed by atoms with van der Waals surface area (Å²) in [5.74, 6) is 0. The molecule has 0 spiro atoms. The van der Waals surface area contributed by atoms with Gasteiger partial charge in [0.2, 0.25) is 0 Å². The highest BCUT2D eigenvalue weighted by Crippen LogP contribution is 2.12. The van der Waals surface area contributed by atoms with Crippen LogP contribution < -0.4 is 0 Å². The number of hydroxylamine groups is 1. The Morgan fingerprint density at radius 2 is 2.38 bits per heavy atom. The number of nitrogens with zero attached hydrogens (tertiary/aromatic N) is 1. The Morgan fingerprint density at radius 1 is 1.50 bits per heavy atom. The van der Waals surface area contributed by atoms with E-state index in [-0.39, 0.29) is 0 Å². The molecule has 0 saturated carbocycles. The molecule has 0 radical (unpaired) electrons. The molecule has 0 bridgehead atoms. The van der Waals surface area contributed by atoms with E-state index in [1.807, 2.05) is 10.7 Å². The van der Waals surface area contributed by atoms with E-state index in [1.165, 1.54) is 12.8 Å². The molecular formula is C5H11NOS. The molecule has 1 saturated heterocycles. The molecule has 0 amide bonds. The molecule has 1 heterocycles. The zero-order valence-corrected chi connectivity index (χ0v) is 5.91. The van der Waals surface area contributed by atoms with E-state index in [0.29, 0.717) is 0 Å². The minimum Gasteiger partial charge on any atom is -0.288 e. The Balaban J connectivity index is 2.13. The van der Waals surface area contributed by atoms with Gasteiger partial charge in [-0.1, -0.05) is 11.9 Å². The summed E-state index contributed by atoms with van der Waals surface area (Å²) in [6.07, 6.45) is 4.53. The minimum atomic E-state index is 0.904. The van der Waals surface area contributed by atoms with Gasteiger partial charge in [-0.2, -0.15) is 0 Å². The van der Waals surface area contributed by atoms with Crippen LogP contribution >= 0.6 is 11.9 Å². The van der Waals surface area contributed by atoms with Crippen molar-refractivity contribution in [1.82, 2.24) is 4.47 Å². The number of hydrogen-bond acceptors (Lipinski definition) is 3. The molecule has 8 heavy (non-hydrogen) atoms. The van der Waals surface area contributed by atoms with E-state index in [4.69, 9.17) is 4.84 Å². The van der Waals surface area contributed by atoms with Crippen molar-refractivity contribution >= 4 is 11.9 Å².